The van der Waals surface area contributed by atoms with Gasteiger partial charge in [0.15, 0.2) is 0 Å². The van der Waals surface area contributed by atoms with Gasteiger partial charge in [0.05, 0.1) is 5.69 Å². The van der Waals surface area contributed by atoms with Crippen molar-refractivity contribution in [1.29, 1.82) is 0 Å². The minimum Gasteiger partial charge on any atom is -0.412 e. The van der Waals surface area contributed by atoms with Crippen molar-refractivity contribution in [2.45, 2.75) is 13.0 Å². The summed E-state index contributed by atoms with van der Waals surface area (Å²) in [6, 6.07) is 22.5. The number of benzene rings is 2. The summed E-state index contributed by atoms with van der Waals surface area (Å²) >= 11 is 0. The second-order valence-corrected chi connectivity index (χ2v) is 7.30. The molecule has 0 unspecified atom stereocenters. The maximum absolute atomic E-state index is 12.4. The molecule has 0 bridgehead atoms. The summed E-state index contributed by atoms with van der Waals surface area (Å²) in [7, 11) is 0. The van der Waals surface area contributed by atoms with E-state index in [0.29, 0.717) is 12.2 Å². The van der Waals surface area contributed by atoms with Crippen molar-refractivity contribution in [3.8, 4) is 5.69 Å². The highest BCUT2D eigenvalue weighted by molar-refractivity contribution is 5.85. The van der Waals surface area contributed by atoms with Crippen LogP contribution in [0.15, 0.2) is 82.4 Å². The summed E-state index contributed by atoms with van der Waals surface area (Å²) in [5.74, 6) is 0. The smallest absolute Gasteiger partial charge is 0.270 e. The molecule has 3 aromatic rings. The molecule has 1 aliphatic heterocycles. The van der Waals surface area contributed by atoms with Crippen molar-refractivity contribution in [2.75, 3.05) is 37.6 Å². The summed E-state index contributed by atoms with van der Waals surface area (Å²) in [6.45, 7) is 5.44. The van der Waals surface area contributed by atoms with Crippen LogP contribution in [0.2, 0.25) is 0 Å². The molecule has 1 aromatic heterocycles. The lowest BCUT2D eigenvalue weighted by atomic mass is 10.2. The van der Waals surface area contributed by atoms with Gasteiger partial charge in [-0.05, 0) is 30.7 Å². The second kappa shape index (κ2) is 11.5. The van der Waals surface area contributed by atoms with Gasteiger partial charge in [0.2, 0.25) is 0 Å². The van der Waals surface area contributed by atoms with Gasteiger partial charge in [-0.1, -0.05) is 36.4 Å². The molecule has 1 fully saturated rings. The quantitative estimate of drug-likeness (QED) is 0.580. The fraction of sp³-hybridized carbons (Fsp3) is 0.304. The van der Waals surface area contributed by atoms with Crippen LogP contribution in [0.25, 0.3) is 5.69 Å². The summed E-state index contributed by atoms with van der Waals surface area (Å²) < 4.78 is 3.04. The molecule has 0 radical (unpaired) electrons. The van der Waals surface area contributed by atoms with E-state index >= 15 is 0 Å². The Morgan fingerprint density at radius 1 is 0.645 bits per heavy atom. The molecule has 166 valence electrons. The first-order valence-corrected chi connectivity index (χ1v) is 10.1. The Morgan fingerprint density at radius 3 is 1.81 bits per heavy atom. The van der Waals surface area contributed by atoms with E-state index in [4.69, 9.17) is 0 Å². The Morgan fingerprint density at radius 2 is 1.19 bits per heavy atom. The molecule has 2 heterocycles. The normalized spacial score (nSPS) is 13.9. The van der Waals surface area contributed by atoms with Crippen LogP contribution in [-0.2, 0) is 6.54 Å². The van der Waals surface area contributed by atoms with E-state index in [1.54, 1.807) is 4.68 Å². The molecule has 1 aliphatic rings. The van der Waals surface area contributed by atoms with Gasteiger partial charge in [0.25, 0.3) is 11.1 Å². The predicted molar refractivity (Wildman–Crippen MR) is 127 cm³/mol. The largest absolute Gasteiger partial charge is 0.412 e. The lowest BCUT2D eigenvalue weighted by Gasteiger charge is -2.36. The maximum Gasteiger partial charge on any atom is 0.270 e. The molecule has 8 heteroatoms. The fourth-order valence-electron chi connectivity index (χ4n) is 3.88. The number of para-hydroxylation sites is 2. The molecule has 2 N–H and O–H groups in total. The molecule has 2 aromatic carbocycles. The predicted octanol–water partition coefficient (Wildman–Crippen LogP) is 1.81. The summed E-state index contributed by atoms with van der Waals surface area (Å²) in [5, 5.41) is 0. The van der Waals surface area contributed by atoms with Crippen molar-refractivity contribution < 1.29 is 5.48 Å². The first-order valence-electron chi connectivity index (χ1n) is 10.1. The van der Waals surface area contributed by atoms with E-state index < -0.39 is 0 Å². The Bertz CT molecular complexity index is 1050. The van der Waals surface area contributed by atoms with Gasteiger partial charge in [-0.15, -0.1) is 12.4 Å². The van der Waals surface area contributed by atoms with E-state index in [2.05, 4.69) is 34.1 Å². The topological polar surface area (TPSA) is 82.0 Å². The van der Waals surface area contributed by atoms with Crippen molar-refractivity contribution in [1.82, 2.24) is 14.3 Å². The van der Waals surface area contributed by atoms with Gasteiger partial charge < -0.3 is 10.4 Å². The number of piperazine rings is 1. The lowest BCUT2D eigenvalue weighted by Crippen LogP contribution is -2.47. The number of anilines is 1. The highest BCUT2D eigenvalue weighted by Crippen LogP contribution is 2.15. The molecule has 0 amide bonds. The van der Waals surface area contributed by atoms with Crippen LogP contribution in [0.5, 0.6) is 0 Å². The molecule has 7 nitrogen and oxygen atoms in total. The molecular formula is C23H29ClN4O3. The van der Waals surface area contributed by atoms with Crippen LogP contribution in [0, 0.1) is 0 Å². The molecule has 4 rings (SSSR count). The third kappa shape index (κ3) is 5.85. The van der Waals surface area contributed by atoms with Crippen molar-refractivity contribution in [3.63, 3.8) is 0 Å². The van der Waals surface area contributed by atoms with Gasteiger partial charge in [0, 0.05) is 57.1 Å². The molecule has 0 atom stereocenters. The Labute approximate surface area is 187 Å². The summed E-state index contributed by atoms with van der Waals surface area (Å²) in [5.41, 5.74) is 1.65. The van der Waals surface area contributed by atoms with Crippen LogP contribution in [0.1, 0.15) is 6.42 Å². The van der Waals surface area contributed by atoms with Gasteiger partial charge in [-0.25, -0.2) is 9.36 Å². The fourth-order valence-corrected chi connectivity index (χ4v) is 3.88. The minimum atomic E-state index is -0.188. The van der Waals surface area contributed by atoms with Crippen molar-refractivity contribution >= 4 is 18.1 Å². The number of hydrogen-bond acceptors (Lipinski definition) is 4. The Hall–Kier alpha value is -2.87. The summed E-state index contributed by atoms with van der Waals surface area (Å²) in [4.78, 5) is 29.7. The third-order valence-corrected chi connectivity index (χ3v) is 5.41. The number of nitrogens with zero attached hydrogens (tertiary/aromatic N) is 4. The average molecular weight is 445 g/mol. The van der Waals surface area contributed by atoms with Crippen molar-refractivity contribution in [3.05, 3.63) is 93.5 Å². The zero-order valence-electron chi connectivity index (χ0n) is 17.4. The van der Waals surface area contributed by atoms with Crippen LogP contribution in [-0.4, -0.2) is 52.5 Å². The van der Waals surface area contributed by atoms with E-state index in [1.807, 2.05) is 36.4 Å². The maximum atomic E-state index is 12.4. The first-order chi connectivity index (χ1) is 14.2. The van der Waals surface area contributed by atoms with Gasteiger partial charge in [-0.3, -0.25) is 14.5 Å². The molecule has 0 spiro atoms. The highest BCUT2D eigenvalue weighted by Gasteiger charge is 2.17. The monoisotopic (exact) mass is 444 g/mol. The van der Waals surface area contributed by atoms with Gasteiger partial charge >= 0.3 is 0 Å². The van der Waals surface area contributed by atoms with Crippen LogP contribution >= 0.6 is 12.4 Å². The Balaban J connectivity index is 0.00000171. The van der Waals surface area contributed by atoms with Gasteiger partial charge in [0.1, 0.15) is 0 Å². The SMILES string of the molecule is Cl.O.O=c1ccc(=O)n(-c2ccccc2)n1CCCN1CCN(c2ccccc2)CC1. The van der Waals surface area contributed by atoms with Crippen LogP contribution in [0.4, 0.5) is 5.69 Å². The minimum absolute atomic E-state index is 0. The van der Waals surface area contributed by atoms with Gasteiger partial charge in [-0.2, -0.15) is 0 Å². The molecule has 31 heavy (non-hydrogen) atoms. The van der Waals surface area contributed by atoms with E-state index in [-0.39, 0.29) is 29.0 Å². The zero-order valence-corrected chi connectivity index (χ0v) is 18.2. The number of aromatic nitrogens is 2. The molecular weight excluding hydrogens is 416 g/mol. The highest BCUT2D eigenvalue weighted by atomic mass is 35.5. The van der Waals surface area contributed by atoms with E-state index in [9.17, 15) is 9.59 Å². The molecule has 0 saturated carbocycles. The summed E-state index contributed by atoms with van der Waals surface area (Å²) in [6.07, 6.45) is 0.821. The van der Waals surface area contributed by atoms with Crippen LogP contribution < -0.4 is 16.0 Å². The number of rotatable bonds is 6. The van der Waals surface area contributed by atoms with E-state index in [1.165, 1.54) is 22.5 Å². The van der Waals surface area contributed by atoms with Crippen molar-refractivity contribution in [2.24, 2.45) is 0 Å². The number of halogens is 1. The first kappa shape index (κ1) is 24.4. The lowest BCUT2D eigenvalue weighted by molar-refractivity contribution is 0.247. The number of hydrogen-bond donors (Lipinski definition) is 0. The molecule has 1 saturated heterocycles. The van der Waals surface area contributed by atoms with E-state index in [0.717, 1.165) is 39.1 Å². The molecule has 0 aliphatic carbocycles. The third-order valence-electron chi connectivity index (χ3n) is 5.41. The standard InChI is InChI=1S/C23H26N4O2.ClH.H2O/c28-22-12-13-23(29)27(21-10-5-2-6-11-21)26(22)15-7-14-24-16-18-25(19-17-24)20-8-3-1-4-9-20;;/h1-6,8-13H,7,14-19H2;1H;1H2. The average Bonchev–Trinajstić information content (AvgIpc) is 2.78. The van der Waals surface area contributed by atoms with Crippen LogP contribution in [0.3, 0.4) is 0 Å². The second-order valence-electron chi connectivity index (χ2n) is 7.30. The zero-order chi connectivity index (χ0) is 20.1. The Kier molecular flexibility index (Phi) is 9.05.